The monoisotopic (exact) mass is 320 g/mol. The number of rotatable bonds is 4. The summed E-state index contributed by atoms with van der Waals surface area (Å²) in [5.74, 6) is -0.663. The highest BCUT2D eigenvalue weighted by Crippen LogP contribution is 2.18. The van der Waals surface area contributed by atoms with Gasteiger partial charge in [0.15, 0.2) is 11.5 Å². The van der Waals surface area contributed by atoms with E-state index >= 15 is 0 Å². The molecule has 2 heterocycles. The number of hydrogen-bond acceptors (Lipinski definition) is 5. The van der Waals surface area contributed by atoms with Gasteiger partial charge in [0, 0.05) is 18.0 Å². The number of carbonyl (C=O) groups excluding carboxylic acids is 1. The van der Waals surface area contributed by atoms with Crippen LogP contribution in [-0.2, 0) is 0 Å². The van der Waals surface area contributed by atoms with Crippen molar-refractivity contribution in [2.24, 2.45) is 0 Å². The zero-order valence-electron chi connectivity index (χ0n) is 12.6. The van der Waals surface area contributed by atoms with Crippen LogP contribution in [-0.4, -0.2) is 20.7 Å². The summed E-state index contributed by atoms with van der Waals surface area (Å²) in [5.41, 5.74) is 7.77. The highest BCUT2D eigenvalue weighted by molar-refractivity contribution is 6.08. The molecule has 2 N–H and O–H groups in total. The first-order valence-corrected chi connectivity index (χ1v) is 7.14. The van der Waals surface area contributed by atoms with Gasteiger partial charge in [-0.05, 0) is 35.9 Å². The fourth-order valence-corrected chi connectivity index (χ4v) is 2.06. The topological polar surface area (TPSA) is 81.8 Å². The van der Waals surface area contributed by atoms with Crippen LogP contribution in [0.15, 0.2) is 61.1 Å². The van der Waals surface area contributed by atoms with E-state index in [9.17, 15) is 9.18 Å². The van der Waals surface area contributed by atoms with Gasteiger partial charge in [-0.25, -0.2) is 14.4 Å². The van der Waals surface area contributed by atoms with Crippen LogP contribution in [0.3, 0.4) is 0 Å². The molecule has 0 aliphatic carbocycles. The van der Waals surface area contributed by atoms with E-state index in [1.54, 1.807) is 36.7 Å². The molecule has 0 bridgehead atoms. The summed E-state index contributed by atoms with van der Waals surface area (Å²) in [4.78, 5) is 24.6. The molecule has 0 saturated heterocycles. The SMILES string of the molecule is Nc1ncc(-c2cccnc2)nc1C(=O)C=Cc1ccc(F)cc1. The average molecular weight is 320 g/mol. The zero-order valence-corrected chi connectivity index (χ0v) is 12.6. The van der Waals surface area contributed by atoms with Crippen LogP contribution in [0.25, 0.3) is 17.3 Å². The molecule has 0 radical (unpaired) electrons. The number of aromatic nitrogens is 3. The summed E-state index contributed by atoms with van der Waals surface area (Å²) in [7, 11) is 0. The molecule has 0 unspecified atom stereocenters. The first-order valence-electron chi connectivity index (χ1n) is 7.14. The highest BCUT2D eigenvalue weighted by Gasteiger charge is 2.12. The standard InChI is InChI=1S/C18H13FN4O/c19-14-6-3-12(4-7-14)5-8-16(24)17-18(20)22-11-15(23-17)13-2-1-9-21-10-13/h1-11H,(H2,20,22). The molecule has 1 aromatic carbocycles. The maximum absolute atomic E-state index is 12.9. The largest absolute Gasteiger partial charge is 0.382 e. The molecule has 24 heavy (non-hydrogen) atoms. The summed E-state index contributed by atoms with van der Waals surface area (Å²) in [6.45, 7) is 0. The van der Waals surface area contributed by atoms with E-state index in [-0.39, 0.29) is 23.1 Å². The van der Waals surface area contributed by atoms with Gasteiger partial charge >= 0.3 is 0 Å². The van der Waals surface area contributed by atoms with E-state index in [0.29, 0.717) is 11.3 Å². The summed E-state index contributed by atoms with van der Waals surface area (Å²) in [5, 5.41) is 0. The van der Waals surface area contributed by atoms with E-state index in [2.05, 4.69) is 15.0 Å². The number of hydrogen-bond donors (Lipinski definition) is 1. The lowest BCUT2D eigenvalue weighted by Gasteiger charge is -2.04. The molecular formula is C18H13FN4O. The van der Waals surface area contributed by atoms with Crippen molar-refractivity contribution in [3.05, 3.63) is 78.1 Å². The minimum absolute atomic E-state index is 0.0522. The highest BCUT2D eigenvalue weighted by atomic mass is 19.1. The number of ketones is 1. The molecule has 0 atom stereocenters. The Morgan fingerprint density at radius 3 is 2.62 bits per heavy atom. The van der Waals surface area contributed by atoms with Crippen molar-refractivity contribution >= 4 is 17.7 Å². The number of carbonyl (C=O) groups is 1. The fraction of sp³-hybridized carbons (Fsp3) is 0. The van der Waals surface area contributed by atoms with Crippen molar-refractivity contribution in [1.82, 2.24) is 15.0 Å². The minimum Gasteiger partial charge on any atom is -0.382 e. The number of pyridine rings is 1. The predicted octanol–water partition coefficient (Wildman–Crippen LogP) is 3.16. The van der Waals surface area contributed by atoms with Crippen LogP contribution in [0.5, 0.6) is 0 Å². The van der Waals surface area contributed by atoms with E-state index < -0.39 is 0 Å². The summed E-state index contributed by atoms with van der Waals surface area (Å²) in [6, 6.07) is 9.36. The fourth-order valence-electron chi connectivity index (χ4n) is 2.06. The molecular weight excluding hydrogens is 307 g/mol. The van der Waals surface area contributed by atoms with Crippen LogP contribution in [0.2, 0.25) is 0 Å². The van der Waals surface area contributed by atoms with Gasteiger partial charge in [-0.1, -0.05) is 18.2 Å². The van der Waals surface area contributed by atoms with Gasteiger partial charge in [-0.3, -0.25) is 9.78 Å². The van der Waals surface area contributed by atoms with Gasteiger partial charge in [0.1, 0.15) is 5.82 Å². The Bertz CT molecular complexity index is 893. The van der Waals surface area contributed by atoms with E-state index in [1.807, 2.05) is 6.07 Å². The van der Waals surface area contributed by atoms with Crippen molar-refractivity contribution in [1.29, 1.82) is 0 Å². The molecule has 3 rings (SSSR count). The Kier molecular flexibility index (Phi) is 4.38. The van der Waals surface area contributed by atoms with Crippen molar-refractivity contribution in [3.8, 4) is 11.3 Å². The van der Waals surface area contributed by atoms with Gasteiger partial charge in [0.2, 0.25) is 5.78 Å². The molecule has 5 nitrogen and oxygen atoms in total. The van der Waals surface area contributed by atoms with Crippen LogP contribution in [0.1, 0.15) is 16.1 Å². The predicted molar refractivity (Wildman–Crippen MR) is 89.4 cm³/mol. The second-order valence-electron chi connectivity index (χ2n) is 4.98. The van der Waals surface area contributed by atoms with Crippen molar-refractivity contribution in [2.75, 3.05) is 5.73 Å². The second kappa shape index (κ2) is 6.78. The van der Waals surface area contributed by atoms with Gasteiger partial charge in [0.25, 0.3) is 0 Å². The third-order valence-electron chi connectivity index (χ3n) is 3.29. The first-order chi connectivity index (χ1) is 11.6. The number of nitrogens with two attached hydrogens (primary N) is 1. The lowest BCUT2D eigenvalue weighted by molar-refractivity contribution is 0.104. The molecule has 2 aromatic heterocycles. The van der Waals surface area contributed by atoms with Crippen molar-refractivity contribution in [3.63, 3.8) is 0 Å². The Balaban J connectivity index is 1.88. The normalized spacial score (nSPS) is 10.9. The molecule has 0 saturated carbocycles. The van der Waals surface area contributed by atoms with E-state index in [1.165, 1.54) is 24.4 Å². The van der Waals surface area contributed by atoms with Crippen LogP contribution in [0, 0.1) is 5.82 Å². The molecule has 0 fully saturated rings. The third kappa shape index (κ3) is 3.49. The average Bonchev–Trinajstić information content (AvgIpc) is 2.62. The van der Waals surface area contributed by atoms with E-state index in [4.69, 9.17) is 5.73 Å². The quantitative estimate of drug-likeness (QED) is 0.590. The summed E-state index contributed by atoms with van der Waals surface area (Å²) < 4.78 is 12.9. The number of anilines is 1. The Morgan fingerprint density at radius 1 is 1.12 bits per heavy atom. The second-order valence-corrected chi connectivity index (χ2v) is 4.98. The van der Waals surface area contributed by atoms with Crippen LogP contribution < -0.4 is 5.73 Å². The smallest absolute Gasteiger partial charge is 0.208 e. The summed E-state index contributed by atoms with van der Waals surface area (Å²) >= 11 is 0. The molecule has 118 valence electrons. The number of nitrogen functional groups attached to an aromatic ring is 1. The van der Waals surface area contributed by atoms with Crippen LogP contribution >= 0.6 is 0 Å². The zero-order chi connectivity index (χ0) is 16.9. The Labute approximate surface area is 137 Å². The Morgan fingerprint density at radius 2 is 1.92 bits per heavy atom. The Hall–Kier alpha value is -3.41. The number of allylic oxidation sites excluding steroid dienone is 1. The number of halogens is 1. The lowest BCUT2D eigenvalue weighted by Crippen LogP contribution is -2.07. The maximum Gasteiger partial charge on any atom is 0.208 e. The number of nitrogens with zero attached hydrogens (tertiary/aromatic N) is 3. The molecule has 6 heteroatoms. The first kappa shape index (κ1) is 15.5. The van der Waals surface area contributed by atoms with Crippen molar-refractivity contribution < 1.29 is 9.18 Å². The minimum atomic E-state index is -0.380. The van der Waals surface area contributed by atoms with Gasteiger partial charge in [-0.2, -0.15) is 0 Å². The molecule has 0 aliphatic heterocycles. The van der Waals surface area contributed by atoms with Gasteiger partial charge in [-0.15, -0.1) is 0 Å². The lowest BCUT2D eigenvalue weighted by atomic mass is 10.1. The molecule has 0 aliphatic rings. The third-order valence-corrected chi connectivity index (χ3v) is 3.29. The number of benzene rings is 1. The molecule has 0 amide bonds. The van der Waals surface area contributed by atoms with Gasteiger partial charge < -0.3 is 5.73 Å². The van der Waals surface area contributed by atoms with Crippen molar-refractivity contribution in [2.45, 2.75) is 0 Å². The van der Waals surface area contributed by atoms with Gasteiger partial charge in [0.05, 0.1) is 11.9 Å². The molecule has 0 spiro atoms. The van der Waals surface area contributed by atoms with Crippen LogP contribution in [0.4, 0.5) is 10.2 Å². The maximum atomic E-state index is 12.9. The van der Waals surface area contributed by atoms with E-state index in [0.717, 1.165) is 5.56 Å². The summed E-state index contributed by atoms with van der Waals surface area (Å²) in [6.07, 6.45) is 7.67. The molecule has 3 aromatic rings.